The summed E-state index contributed by atoms with van der Waals surface area (Å²) in [6.45, 7) is 11.1. The van der Waals surface area contributed by atoms with Crippen molar-refractivity contribution in [3.05, 3.63) is 46.9 Å². The predicted octanol–water partition coefficient (Wildman–Crippen LogP) is 3.23. The maximum atomic E-state index is 9.46. The van der Waals surface area contributed by atoms with Crippen LogP contribution in [0.3, 0.4) is 0 Å². The highest BCUT2D eigenvalue weighted by atomic mass is 16.3. The standard InChI is InChI=1S/C24H31N5O/c1-14-6-7-16(24(2,3)4)8-15(14)9-20-21-22(25-13-28(21)5)27-23(26-20)29-10-17-18(11-29)19(17)12-30/h6-8,13,17-19,30H,9-12H2,1-5H3. The van der Waals surface area contributed by atoms with E-state index in [2.05, 4.69) is 55.8 Å². The number of aromatic nitrogens is 4. The van der Waals surface area contributed by atoms with Crippen LogP contribution in [0.4, 0.5) is 5.95 Å². The lowest BCUT2D eigenvalue weighted by Gasteiger charge is -2.22. The molecular formula is C24H31N5O. The molecule has 6 heteroatoms. The van der Waals surface area contributed by atoms with Crippen molar-refractivity contribution in [3.63, 3.8) is 0 Å². The van der Waals surface area contributed by atoms with Crippen molar-refractivity contribution >= 4 is 17.1 Å². The molecule has 30 heavy (non-hydrogen) atoms. The molecule has 6 nitrogen and oxygen atoms in total. The molecule has 158 valence electrons. The van der Waals surface area contributed by atoms with Crippen LogP contribution in [0.1, 0.15) is 43.2 Å². The summed E-state index contributed by atoms with van der Waals surface area (Å²) in [5.74, 6) is 2.44. The minimum atomic E-state index is 0.112. The van der Waals surface area contributed by atoms with Crippen LogP contribution in [-0.2, 0) is 18.9 Å². The molecule has 1 saturated carbocycles. The van der Waals surface area contributed by atoms with E-state index in [4.69, 9.17) is 9.97 Å². The van der Waals surface area contributed by atoms with Gasteiger partial charge in [0.25, 0.3) is 0 Å². The number of aliphatic hydroxyl groups excluding tert-OH is 1. The SMILES string of the molecule is Cc1ccc(C(C)(C)C)cc1Cc1nc(N2CC3C(CO)C3C2)nc2ncn(C)c12. The molecule has 0 radical (unpaired) electrons. The summed E-state index contributed by atoms with van der Waals surface area (Å²) in [6, 6.07) is 6.79. The normalized spacial score (nSPS) is 23.3. The van der Waals surface area contributed by atoms with E-state index >= 15 is 0 Å². The first-order valence-electron chi connectivity index (χ1n) is 10.9. The third-order valence-corrected chi connectivity index (χ3v) is 7.07. The number of aryl methyl sites for hydroxylation is 2. The van der Waals surface area contributed by atoms with Gasteiger partial charge in [0.05, 0.1) is 12.0 Å². The maximum Gasteiger partial charge on any atom is 0.227 e. The van der Waals surface area contributed by atoms with Crippen molar-refractivity contribution in [3.8, 4) is 0 Å². The molecule has 0 amide bonds. The van der Waals surface area contributed by atoms with Crippen molar-refractivity contribution in [1.29, 1.82) is 0 Å². The Bertz CT molecular complexity index is 1100. The number of fused-ring (bicyclic) bond motifs is 2. The third-order valence-electron chi connectivity index (χ3n) is 7.07. The molecule has 2 aromatic heterocycles. The molecule has 2 aliphatic rings. The van der Waals surface area contributed by atoms with E-state index in [0.29, 0.717) is 24.4 Å². The molecule has 2 fully saturated rings. The molecule has 0 spiro atoms. The molecule has 1 aliphatic carbocycles. The smallest absolute Gasteiger partial charge is 0.227 e. The van der Waals surface area contributed by atoms with Crippen molar-refractivity contribution in [1.82, 2.24) is 19.5 Å². The molecule has 5 rings (SSSR count). The topological polar surface area (TPSA) is 67.1 Å². The quantitative estimate of drug-likeness (QED) is 0.722. The summed E-state index contributed by atoms with van der Waals surface area (Å²) in [6.07, 6.45) is 2.59. The van der Waals surface area contributed by atoms with E-state index in [0.717, 1.165) is 42.3 Å². The first kappa shape index (κ1) is 19.5. The Morgan fingerprint density at radius 1 is 1.13 bits per heavy atom. The molecule has 1 N–H and O–H groups in total. The lowest BCUT2D eigenvalue weighted by Crippen LogP contribution is -2.27. The highest BCUT2D eigenvalue weighted by Crippen LogP contribution is 2.51. The van der Waals surface area contributed by atoms with Crippen molar-refractivity contribution in [2.24, 2.45) is 24.8 Å². The second-order valence-corrected chi connectivity index (χ2v) is 10.1. The average Bonchev–Trinajstić information content (AvgIpc) is 3.00. The number of hydrogen-bond donors (Lipinski definition) is 1. The van der Waals surface area contributed by atoms with E-state index in [1.54, 1.807) is 0 Å². The maximum absolute atomic E-state index is 9.46. The van der Waals surface area contributed by atoms with Gasteiger partial charge in [-0.15, -0.1) is 0 Å². The van der Waals surface area contributed by atoms with E-state index in [-0.39, 0.29) is 5.41 Å². The molecule has 1 saturated heterocycles. The molecular weight excluding hydrogens is 374 g/mol. The number of rotatable bonds is 4. The summed E-state index contributed by atoms with van der Waals surface area (Å²) in [7, 11) is 2.01. The summed E-state index contributed by atoms with van der Waals surface area (Å²) in [4.78, 5) is 16.6. The van der Waals surface area contributed by atoms with Gasteiger partial charge in [-0.2, -0.15) is 4.98 Å². The van der Waals surface area contributed by atoms with Gasteiger partial charge in [0.1, 0.15) is 5.52 Å². The molecule has 0 bridgehead atoms. The molecule has 1 aromatic carbocycles. The first-order chi connectivity index (χ1) is 14.3. The van der Waals surface area contributed by atoms with Crippen molar-refractivity contribution in [2.75, 3.05) is 24.6 Å². The second kappa shape index (κ2) is 6.77. The molecule has 2 unspecified atom stereocenters. The Morgan fingerprint density at radius 3 is 2.53 bits per heavy atom. The van der Waals surface area contributed by atoms with Crippen molar-refractivity contribution < 1.29 is 5.11 Å². The monoisotopic (exact) mass is 405 g/mol. The Labute approximate surface area is 178 Å². The van der Waals surface area contributed by atoms with Gasteiger partial charge >= 0.3 is 0 Å². The molecule has 3 aromatic rings. The number of piperidine rings is 1. The van der Waals surface area contributed by atoms with Gasteiger partial charge in [-0.25, -0.2) is 9.97 Å². The predicted molar refractivity (Wildman–Crippen MR) is 119 cm³/mol. The lowest BCUT2D eigenvalue weighted by molar-refractivity contribution is 0.260. The van der Waals surface area contributed by atoms with E-state index in [9.17, 15) is 5.11 Å². The highest BCUT2D eigenvalue weighted by Gasteiger charge is 2.55. The van der Waals surface area contributed by atoms with Crippen LogP contribution in [-0.4, -0.2) is 44.3 Å². The fourth-order valence-electron chi connectivity index (χ4n) is 4.98. The number of benzene rings is 1. The molecule has 2 atom stereocenters. The average molecular weight is 406 g/mol. The number of anilines is 1. The molecule has 3 heterocycles. The minimum Gasteiger partial charge on any atom is -0.396 e. The Morgan fingerprint density at radius 2 is 1.87 bits per heavy atom. The van der Waals surface area contributed by atoms with Crippen LogP contribution in [0.2, 0.25) is 0 Å². The van der Waals surface area contributed by atoms with Gasteiger partial charge in [0, 0.05) is 33.2 Å². The Kier molecular flexibility index (Phi) is 4.40. The molecule has 1 aliphatic heterocycles. The van der Waals surface area contributed by atoms with Crippen LogP contribution >= 0.6 is 0 Å². The lowest BCUT2D eigenvalue weighted by atomic mass is 9.84. The van der Waals surface area contributed by atoms with Gasteiger partial charge in [-0.05, 0) is 46.8 Å². The van der Waals surface area contributed by atoms with E-state index in [1.807, 2.05) is 17.9 Å². The Hall–Kier alpha value is -2.47. The zero-order valence-corrected chi connectivity index (χ0v) is 18.6. The van der Waals surface area contributed by atoms with Crippen LogP contribution in [0.15, 0.2) is 24.5 Å². The van der Waals surface area contributed by atoms with E-state index < -0.39 is 0 Å². The summed E-state index contributed by atoms with van der Waals surface area (Å²) in [5.41, 5.74) is 6.85. The van der Waals surface area contributed by atoms with Crippen LogP contribution < -0.4 is 4.90 Å². The van der Waals surface area contributed by atoms with Gasteiger partial charge < -0.3 is 14.6 Å². The summed E-state index contributed by atoms with van der Waals surface area (Å²) in [5, 5.41) is 9.46. The Balaban J connectivity index is 1.52. The van der Waals surface area contributed by atoms with Gasteiger partial charge in [-0.3, -0.25) is 0 Å². The third kappa shape index (κ3) is 3.18. The second-order valence-electron chi connectivity index (χ2n) is 10.1. The number of imidazole rings is 1. The van der Waals surface area contributed by atoms with Crippen LogP contribution in [0.25, 0.3) is 11.2 Å². The van der Waals surface area contributed by atoms with Gasteiger partial charge in [-0.1, -0.05) is 39.0 Å². The fourth-order valence-corrected chi connectivity index (χ4v) is 4.98. The number of hydrogen-bond acceptors (Lipinski definition) is 5. The zero-order chi connectivity index (χ0) is 21.2. The van der Waals surface area contributed by atoms with Gasteiger partial charge in [0.2, 0.25) is 5.95 Å². The number of aliphatic hydroxyl groups is 1. The van der Waals surface area contributed by atoms with Crippen LogP contribution in [0.5, 0.6) is 0 Å². The van der Waals surface area contributed by atoms with E-state index in [1.165, 1.54) is 16.7 Å². The minimum absolute atomic E-state index is 0.112. The van der Waals surface area contributed by atoms with Gasteiger partial charge in [0.15, 0.2) is 5.65 Å². The zero-order valence-electron chi connectivity index (χ0n) is 18.6. The first-order valence-corrected chi connectivity index (χ1v) is 10.9. The summed E-state index contributed by atoms with van der Waals surface area (Å²) < 4.78 is 2.03. The highest BCUT2D eigenvalue weighted by molar-refractivity contribution is 5.75. The number of nitrogens with zero attached hydrogens (tertiary/aromatic N) is 5. The van der Waals surface area contributed by atoms with Crippen molar-refractivity contribution in [2.45, 2.75) is 39.5 Å². The summed E-state index contributed by atoms with van der Waals surface area (Å²) >= 11 is 0. The fraction of sp³-hybridized carbons (Fsp3) is 0.542. The largest absolute Gasteiger partial charge is 0.396 e. The van der Waals surface area contributed by atoms with Crippen LogP contribution in [0, 0.1) is 24.7 Å².